The first-order valence-corrected chi connectivity index (χ1v) is 5.67. The summed E-state index contributed by atoms with van der Waals surface area (Å²) in [6.45, 7) is 0. The molecule has 88 valence electrons. The summed E-state index contributed by atoms with van der Waals surface area (Å²) in [5.41, 5.74) is 0. The maximum atomic E-state index is 13.2. The van der Waals surface area contributed by atoms with Crippen LogP contribution in [0.1, 0.15) is 0 Å². The number of aromatic nitrogens is 1. The molecule has 0 unspecified atom stereocenters. The molecule has 0 aliphatic heterocycles. The zero-order valence-corrected chi connectivity index (χ0v) is 10.6. The average Bonchev–Trinajstić information content (AvgIpc) is 2.26. The van der Waals surface area contributed by atoms with Crippen LogP contribution in [0.25, 0.3) is 0 Å². The topological polar surface area (TPSA) is 22.1 Å². The summed E-state index contributed by atoms with van der Waals surface area (Å²) < 4.78 is 31.8. The average molecular weight is 321 g/mol. The lowest BCUT2D eigenvalue weighted by atomic mass is 10.3. The maximum Gasteiger partial charge on any atom is 0.216 e. The molecule has 1 heterocycles. The van der Waals surface area contributed by atoms with Crippen LogP contribution >= 0.6 is 27.5 Å². The zero-order valence-electron chi connectivity index (χ0n) is 8.25. The van der Waals surface area contributed by atoms with Crippen molar-refractivity contribution in [2.75, 3.05) is 0 Å². The van der Waals surface area contributed by atoms with E-state index >= 15 is 0 Å². The Morgan fingerprint density at radius 1 is 1.24 bits per heavy atom. The van der Waals surface area contributed by atoms with Crippen molar-refractivity contribution in [3.8, 4) is 11.5 Å². The smallest absolute Gasteiger partial charge is 0.216 e. The van der Waals surface area contributed by atoms with Crippen molar-refractivity contribution in [2.24, 2.45) is 0 Å². The Morgan fingerprint density at radius 2 is 2.00 bits per heavy atom. The van der Waals surface area contributed by atoms with Gasteiger partial charge in [0.2, 0.25) is 5.95 Å². The van der Waals surface area contributed by atoms with E-state index in [1.807, 2.05) is 0 Å². The minimum absolute atomic E-state index is 0.0230. The summed E-state index contributed by atoms with van der Waals surface area (Å²) in [5.74, 6) is -0.857. The molecule has 6 heteroatoms. The van der Waals surface area contributed by atoms with Crippen molar-refractivity contribution < 1.29 is 13.5 Å². The SMILES string of the molecule is Fc1cc(Oc2cc(F)c(Cl)cc2Br)ccn1. The van der Waals surface area contributed by atoms with Crippen LogP contribution in [0.2, 0.25) is 5.02 Å². The van der Waals surface area contributed by atoms with Crippen LogP contribution in [-0.4, -0.2) is 4.98 Å². The summed E-state index contributed by atoms with van der Waals surface area (Å²) in [7, 11) is 0. The highest BCUT2D eigenvalue weighted by Gasteiger charge is 2.09. The van der Waals surface area contributed by atoms with Gasteiger partial charge in [-0.05, 0) is 28.1 Å². The molecule has 0 spiro atoms. The Hall–Kier alpha value is -1.20. The second kappa shape index (κ2) is 4.98. The van der Waals surface area contributed by atoms with E-state index in [1.54, 1.807) is 0 Å². The molecule has 0 fully saturated rings. The summed E-state index contributed by atoms with van der Waals surface area (Å²) in [4.78, 5) is 3.38. The van der Waals surface area contributed by atoms with Crippen LogP contribution in [0.5, 0.6) is 11.5 Å². The summed E-state index contributed by atoms with van der Waals surface area (Å²) >= 11 is 8.76. The zero-order chi connectivity index (χ0) is 12.4. The minimum atomic E-state index is -0.673. The van der Waals surface area contributed by atoms with Gasteiger partial charge in [0.15, 0.2) is 0 Å². The fraction of sp³-hybridized carbons (Fsp3) is 0. The molecule has 0 bridgehead atoms. The van der Waals surface area contributed by atoms with Gasteiger partial charge in [0.05, 0.1) is 9.50 Å². The van der Waals surface area contributed by atoms with E-state index in [-0.39, 0.29) is 16.5 Å². The molecule has 0 aliphatic carbocycles. The van der Waals surface area contributed by atoms with Gasteiger partial charge in [-0.15, -0.1) is 0 Å². The Labute approximate surface area is 109 Å². The fourth-order valence-corrected chi connectivity index (χ4v) is 1.88. The van der Waals surface area contributed by atoms with Crippen molar-refractivity contribution in [1.29, 1.82) is 0 Å². The molecular formula is C11H5BrClF2NO. The monoisotopic (exact) mass is 319 g/mol. The standard InChI is InChI=1S/C11H5BrClF2NO/c12-7-4-8(13)9(14)5-10(7)17-6-1-2-16-11(15)3-6/h1-5H. The van der Waals surface area contributed by atoms with E-state index in [0.717, 1.165) is 12.1 Å². The molecule has 0 atom stereocenters. The van der Waals surface area contributed by atoms with E-state index in [1.165, 1.54) is 18.3 Å². The van der Waals surface area contributed by atoms with Crippen LogP contribution in [0.3, 0.4) is 0 Å². The van der Waals surface area contributed by atoms with Gasteiger partial charge in [0.1, 0.15) is 17.3 Å². The second-order valence-electron chi connectivity index (χ2n) is 3.11. The van der Waals surface area contributed by atoms with Gasteiger partial charge in [-0.2, -0.15) is 4.39 Å². The first-order chi connectivity index (χ1) is 8.06. The molecule has 2 aromatic rings. The molecule has 1 aromatic heterocycles. The first-order valence-electron chi connectivity index (χ1n) is 4.50. The largest absolute Gasteiger partial charge is 0.456 e. The Bertz CT molecular complexity index is 565. The van der Waals surface area contributed by atoms with Crippen molar-refractivity contribution in [1.82, 2.24) is 4.98 Å². The van der Waals surface area contributed by atoms with Gasteiger partial charge in [-0.3, -0.25) is 0 Å². The highest BCUT2D eigenvalue weighted by molar-refractivity contribution is 9.10. The quantitative estimate of drug-likeness (QED) is 0.597. The van der Waals surface area contributed by atoms with Crippen LogP contribution in [0.15, 0.2) is 34.9 Å². The molecule has 0 amide bonds. The summed E-state index contributed by atoms with van der Waals surface area (Å²) in [5, 5.41) is -0.0230. The molecule has 1 aromatic carbocycles. The number of benzene rings is 1. The Kier molecular flexibility index (Phi) is 3.59. The lowest BCUT2D eigenvalue weighted by molar-refractivity contribution is 0.464. The van der Waals surface area contributed by atoms with Gasteiger partial charge in [-0.1, -0.05) is 11.6 Å². The molecular weight excluding hydrogens is 315 g/mol. The number of ether oxygens (including phenoxy) is 1. The van der Waals surface area contributed by atoms with Crippen LogP contribution < -0.4 is 4.74 Å². The maximum absolute atomic E-state index is 13.2. The minimum Gasteiger partial charge on any atom is -0.456 e. The molecule has 0 radical (unpaired) electrons. The van der Waals surface area contributed by atoms with Gasteiger partial charge in [0, 0.05) is 18.3 Å². The molecule has 2 rings (SSSR count). The van der Waals surface area contributed by atoms with Gasteiger partial charge in [-0.25, -0.2) is 9.37 Å². The number of rotatable bonds is 2. The van der Waals surface area contributed by atoms with E-state index in [9.17, 15) is 8.78 Å². The molecule has 17 heavy (non-hydrogen) atoms. The number of hydrogen-bond donors (Lipinski definition) is 0. The van der Waals surface area contributed by atoms with Gasteiger partial charge >= 0.3 is 0 Å². The third kappa shape index (κ3) is 2.92. The fourth-order valence-electron chi connectivity index (χ4n) is 1.16. The lowest BCUT2D eigenvalue weighted by Crippen LogP contribution is -1.90. The first kappa shape index (κ1) is 12.3. The van der Waals surface area contributed by atoms with E-state index < -0.39 is 11.8 Å². The predicted octanol–water partition coefficient (Wildman–Crippen LogP) is 4.57. The Balaban J connectivity index is 2.33. The van der Waals surface area contributed by atoms with E-state index in [4.69, 9.17) is 16.3 Å². The number of halogens is 4. The number of nitrogens with zero attached hydrogens (tertiary/aromatic N) is 1. The van der Waals surface area contributed by atoms with Gasteiger partial charge < -0.3 is 4.74 Å². The number of hydrogen-bond acceptors (Lipinski definition) is 2. The predicted molar refractivity (Wildman–Crippen MR) is 63.4 cm³/mol. The summed E-state index contributed by atoms with van der Waals surface area (Å²) in [6.07, 6.45) is 1.25. The normalized spacial score (nSPS) is 10.4. The van der Waals surface area contributed by atoms with Crippen molar-refractivity contribution >= 4 is 27.5 Å². The third-order valence-electron chi connectivity index (χ3n) is 1.90. The molecule has 2 nitrogen and oxygen atoms in total. The lowest BCUT2D eigenvalue weighted by Gasteiger charge is -2.08. The van der Waals surface area contributed by atoms with Crippen molar-refractivity contribution in [3.05, 3.63) is 51.7 Å². The molecule has 0 saturated carbocycles. The second-order valence-corrected chi connectivity index (χ2v) is 4.37. The van der Waals surface area contributed by atoms with Crippen LogP contribution in [-0.2, 0) is 0 Å². The Morgan fingerprint density at radius 3 is 2.71 bits per heavy atom. The molecule has 0 aliphatic rings. The van der Waals surface area contributed by atoms with Gasteiger partial charge in [0.25, 0.3) is 0 Å². The van der Waals surface area contributed by atoms with E-state index in [2.05, 4.69) is 20.9 Å². The highest BCUT2D eigenvalue weighted by Crippen LogP contribution is 2.33. The highest BCUT2D eigenvalue weighted by atomic mass is 79.9. The van der Waals surface area contributed by atoms with Crippen molar-refractivity contribution in [2.45, 2.75) is 0 Å². The molecule has 0 saturated heterocycles. The number of pyridine rings is 1. The van der Waals surface area contributed by atoms with Crippen LogP contribution in [0.4, 0.5) is 8.78 Å². The van der Waals surface area contributed by atoms with Crippen LogP contribution in [0, 0.1) is 11.8 Å². The third-order valence-corrected chi connectivity index (χ3v) is 2.81. The van der Waals surface area contributed by atoms with E-state index in [0.29, 0.717) is 4.47 Å². The molecule has 0 N–H and O–H groups in total. The summed E-state index contributed by atoms with van der Waals surface area (Å²) in [6, 6.07) is 5.04. The van der Waals surface area contributed by atoms with Crippen molar-refractivity contribution in [3.63, 3.8) is 0 Å².